The summed E-state index contributed by atoms with van der Waals surface area (Å²) in [5.74, 6) is 1.39. The smallest absolute Gasteiger partial charge is 0.317 e. The highest BCUT2D eigenvalue weighted by Gasteiger charge is 2.22. The molecule has 2 atom stereocenters. The van der Waals surface area contributed by atoms with E-state index in [1.165, 1.54) is 0 Å². The van der Waals surface area contributed by atoms with Gasteiger partial charge in [0.15, 0.2) is 11.3 Å². The number of hydrogen-bond acceptors (Lipinski definition) is 4. The lowest BCUT2D eigenvalue weighted by Crippen LogP contribution is -2.42. The molecule has 0 aliphatic carbocycles. The first-order valence-corrected chi connectivity index (χ1v) is 8.28. The summed E-state index contributed by atoms with van der Waals surface area (Å²) in [4.78, 5) is 14.0. The van der Waals surface area contributed by atoms with Gasteiger partial charge in [0.05, 0.1) is 19.3 Å². The van der Waals surface area contributed by atoms with Crippen molar-refractivity contribution < 1.29 is 18.7 Å². The highest BCUT2D eigenvalue weighted by molar-refractivity contribution is 5.84. The van der Waals surface area contributed by atoms with Gasteiger partial charge < -0.3 is 24.1 Å². The van der Waals surface area contributed by atoms with Crippen LogP contribution in [0.15, 0.2) is 28.7 Å². The minimum Gasteiger partial charge on any atom is -0.493 e. The summed E-state index contributed by atoms with van der Waals surface area (Å²) in [6.45, 7) is 3.30. The number of urea groups is 1. The van der Waals surface area contributed by atoms with Crippen molar-refractivity contribution in [3.63, 3.8) is 0 Å². The van der Waals surface area contributed by atoms with Crippen LogP contribution in [-0.2, 0) is 4.74 Å². The third-order valence-corrected chi connectivity index (χ3v) is 4.36. The lowest BCUT2D eigenvalue weighted by molar-refractivity contribution is 0.0869. The Hall–Kier alpha value is -2.21. The summed E-state index contributed by atoms with van der Waals surface area (Å²) < 4.78 is 16.8. The monoisotopic (exact) mass is 332 g/mol. The molecule has 1 fully saturated rings. The fourth-order valence-corrected chi connectivity index (χ4v) is 2.97. The maximum atomic E-state index is 12.3. The molecule has 6 heteroatoms. The summed E-state index contributed by atoms with van der Waals surface area (Å²) in [6, 6.07) is 7.30. The van der Waals surface area contributed by atoms with E-state index in [1.807, 2.05) is 31.2 Å². The number of ether oxygens (including phenoxy) is 2. The van der Waals surface area contributed by atoms with Crippen molar-refractivity contribution in [1.82, 2.24) is 10.2 Å². The average Bonchev–Trinajstić information content (AvgIpc) is 3.23. The highest BCUT2D eigenvalue weighted by Crippen LogP contribution is 2.30. The molecular weight excluding hydrogens is 308 g/mol. The quantitative estimate of drug-likeness (QED) is 0.912. The number of methoxy groups -OCH3 is 1. The van der Waals surface area contributed by atoms with Crippen molar-refractivity contribution in [3.05, 3.63) is 30.0 Å². The minimum absolute atomic E-state index is 0.134. The Kier molecular flexibility index (Phi) is 4.94. The summed E-state index contributed by atoms with van der Waals surface area (Å²) >= 11 is 0. The number of nitrogens with zero attached hydrogens (tertiary/aromatic N) is 1. The fraction of sp³-hybridized carbons (Fsp3) is 0.500. The van der Waals surface area contributed by atoms with Gasteiger partial charge >= 0.3 is 6.03 Å². The SMILES string of the molecule is COc1cccc2cc([C@@H](C)NC(=O)N(C)C[C@@H]3CCCO3)oc12. The van der Waals surface area contributed by atoms with Crippen molar-refractivity contribution >= 4 is 17.0 Å². The molecular formula is C18H24N2O4. The zero-order valence-corrected chi connectivity index (χ0v) is 14.4. The number of carbonyl (C=O) groups excluding carboxylic acids is 1. The molecule has 1 aliphatic rings. The standard InChI is InChI=1S/C18H24N2O4/c1-12(19-18(21)20(2)11-14-7-5-9-23-14)16-10-13-6-4-8-15(22-3)17(13)24-16/h4,6,8,10,12,14H,5,7,9,11H2,1-3H3,(H,19,21)/t12-,14+/m1/s1. The fourth-order valence-electron chi connectivity index (χ4n) is 2.97. The van der Waals surface area contributed by atoms with E-state index in [2.05, 4.69) is 5.32 Å². The second kappa shape index (κ2) is 7.13. The first-order chi connectivity index (χ1) is 11.6. The van der Waals surface area contributed by atoms with E-state index >= 15 is 0 Å². The molecule has 24 heavy (non-hydrogen) atoms. The molecule has 2 amide bonds. The van der Waals surface area contributed by atoms with E-state index in [4.69, 9.17) is 13.9 Å². The number of fused-ring (bicyclic) bond motifs is 1. The van der Waals surface area contributed by atoms with Gasteiger partial charge in [-0.25, -0.2) is 4.79 Å². The lowest BCUT2D eigenvalue weighted by Gasteiger charge is -2.23. The Morgan fingerprint density at radius 2 is 2.33 bits per heavy atom. The number of likely N-dealkylation sites (N-methyl/N-ethyl adjacent to an activating group) is 1. The molecule has 0 spiro atoms. The van der Waals surface area contributed by atoms with Crippen LogP contribution < -0.4 is 10.1 Å². The second-order valence-electron chi connectivity index (χ2n) is 6.21. The van der Waals surface area contributed by atoms with Gasteiger partial charge in [-0.2, -0.15) is 0 Å². The van der Waals surface area contributed by atoms with Crippen LogP contribution in [0.25, 0.3) is 11.0 Å². The van der Waals surface area contributed by atoms with E-state index in [1.54, 1.807) is 19.1 Å². The van der Waals surface area contributed by atoms with Crippen LogP contribution in [0.4, 0.5) is 4.79 Å². The Morgan fingerprint density at radius 3 is 3.04 bits per heavy atom. The first kappa shape index (κ1) is 16.6. The van der Waals surface area contributed by atoms with E-state index in [0.717, 1.165) is 24.8 Å². The maximum Gasteiger partial charge on any atom is 0.317 e. The van der Waals surface area contributed by atoms with Gasteiger partial charge in [-0.15, -0.1) is 0 Å². The summed E-state index contributed by atoms with van der Waals surface area (Å²) in [5.41, 5.74) is 0.698. The molecule has 1 aromatic heterocycles. The number of para-hydroxylation sites is 1. The van der Waals surface area contributed by atoms with Gasteiger partial charge in [-0.1, -0.05) is 12.1 Å². The van der Waals surface area contributed by atoms with Crippen molar-refractivity contribution in [2.45, 2.75) is 31.9 Å². The number of benzene rings is 1. The van der Waals surface area contributed by atoms with E-state index in [9.17, 15) is 4.79 Å². The summed E-state index contributed by atoms with van der Waals surface area (Å²) in [7, 11) is 3.40. The third kappa shape index (κ3) is 3.48. The largest absolute Gasteiger partial charge is 0.493 e. The summed E-state index contributed by atoms with van der Waals surface area (Å²) in [5, 5.41) is 3.92. The summed E-state index contributed by atoms with van der Waals surface area (Å²) in [6.07, 6.45) is 2.22. The van der Waals surface area contributed by atoms with Gasteiger partial charge in [-0.05, 0) is 31.9 Å². The van der Waals surface area contributed by atoms with Crippen LogP contribution in [0.1, 0.15) is 31.6 Å². The zero-order chi connectivity index (χ0) is 17.1. The van der Waals surface area contributed by atoms with Gasteiger partial charge in [0, 0.05) is 25.6 Å². The molecule has 0 bridgehead atoms. The molecule has 3 rings (SSSR count). The average molecular weight is 332 g/mol. The molecule has 0 radical (unpaired) electrons. The first-order valence-electron chi connectivity index (χ1n) is 8.28. The number of furan rings is 1. The Morgan fingerprint density at radius 1 is 1.50 bits per heavy atom. The predicted molar refractivity (Wildman–Crippen MR) is 91.3 cm³/mol. The molecule has 1 saturated heterocycles. The van der Waals surface area contributed by atoms with Crippen LogP contribution in [0.2, 0.25) is 0 Å². The molecule has 2 heterocycles. The molecule has 2 aromatic rings. The molecule has 0 unspecified atom stereocenters. The molecule has 1 aliphatic heterocycles. The van der Waals surface area contributed by atoms with Crippen LogP contribution in [-0.4, -0.2) is 44.3 Å². The van der Waals surface area contributed by atoms with Crippen molar-refractivity contribution in [3.8, 4) is 5.75 Å². The Bertz CT molecular complexity index is 706. The maximum absolute atomic E-state index is 12.3. The lowest BCUT2D eigenvalue weighted by atomic mass is 10.2. The van der Waals surface area contributed by atoms with Gasteiger partial charge in [0.2, 0.25) is 0 Å². The highest BCUT2D eigenvalue weighted by atomic mass is 16.5. The Labute approximate surface area is 141 Å². The van der Waals surface area contributed by atoms with Crippen LogP contribution in [0.5, 0.6) is 5.75 Å². The van der Waals surface area contributed by atoms with Crippen LogP contribution in [0, 0.1) is 0 Å². The molecule has 1 aromatic carbocycles. The van der Waals surface area contributed by atoms with E-state index in [-0.39, 0.29) is 18.2 Å². The van der Waals surface area contributed by atoms with Crippen LogP contribution >= 0.6 is 0 Å². The number of amides is 2. The van der Waals surface area contributed by atoms with E-state index in [0.29, 0.717) is 23.6 Å². The number of hydrogen-bond donors (Lipinski definition) is 1. The normalized spacial score (nSPS) is 18.5. The number of carbonyl (C=O) groups is 1. The van der Waals surface area contributed by atoms with Gasteiger partial charge in [0.25, 0.3) is 0 Å². The second-order valence-corrected chi connectivity index (χ2v) is 6.21. The number of rotatable bonds is 5. The molecule has 1 N–H and O–H groups in total. The van der Waals surface area contributed by atoms with Crippen molar-refractivity contribution in [2.24, 2.45) is 0 Å². The minimum atomic E-state index is -0.235. The van der Waals surface area contributed by atoms with Gasteiger partial charge in [-0.3, -0.25) is 0 Å². The molecule has 0 saturated carbocycles. The molecule has 130 valence electrons. The molecule has 6 nitrogen and oxygen atoms in total. The third-order valence-electron chi connectivity index (χ3n) is 4.36. The van der Waals surface area contributed by atoms with Gasteiger partial charge in [0.1, 0.15) is 5.76 Å². The zero-order valence-electron chi connectivity index (χ0n) is 14.4. The predicted octanol–water partition coefficient (Wildman–Crippen LogP) is 3.32. The Balaban J connectivity index is 1.65. The van der Waals surface area contributed by atoms with E-state index < -0.39 is 0 Å². The number of nitrogens with one attached hydrogen (secondary N) is 1. The topological polar surface area (TPSA) is 63.9 Å². The van der Waals surface area contributed by atoms with Crippen molar-refractivity contribution in [1.29, 1.82) is 0 Å². The van der Waals surface area contributed by atoms with Crippen molar-refractivity contribution in [2.75, 3.05) is 27.3 Å². The van der Waals surface area contributed by atoms with Crippen LogP contribution in [0.3, 0.4) is 0 Å².